The number of carboxylic acid groups (broad SMARTS) is 1. The van der Waals surface area contributed by atoms with E-state index in [-0.39, 0.29) is 22.1 Å². The molecule has 0 spiro atoms. The van der Waals surface area contributed by atoms with Gasteiger partial charge in [-0.15, -0.1) is 0 Å². The summed E-state index contributed by atoms with van der Waals surface area (Å²) in [5.74, 6) is -3.25. The number of aromatic carboxylic acids is 1. The van der Waals surface area contributed by atoms with E-state index in [1.807, 2.05) is 0 Å². The van der Waals surface area contributed by atoms with Gasteiger partial charge in [-0.25, -0.2) is 4.79 Å². The van der Waals surface area contributed by atoms with Crippen molar-refractivity contribution in [2.24, 2.45) is 5.73 Å². The van der Waals surface area contributed by atoms with Gasteiger partial charge in [-0.3, -0.25) is 4.79 Å². The normalized spacial score (nSPS) is 10.4. The summed E-state index contributed by atoms with van der Waals surface area (Å²) in [4.78, 5) is 22.4. The Balaban J connectivity index is 3.04. The van der Waals surface area contributed by atoms with E-state index >= 15 is 0 Å². The molecule has 0 bridgehead atoms. The second-order valence-corrected chi connectivity index (χ2v) is 3.69. The minimum Gasteiger partial charge on any atom is -0.507 e. The third kappa shape index (κ3) is 1.60. The maximum Gasteiger partial charge on any atom is 0.340 e. The summed E-state index contributed by atoms with van der Waals surface area (Å²) in [6, 6.07) is 5.33. The molecule has 0 radical (unpaired) electrons. The zero-order valence-corrected chi connectivity index (χ0v) is 9.04. The molecule has 18 heavy (non-hydrogen) atoms. The lowest BCUT2D eigenvalue weighted by atomic mass is 9.97. The molecular weight excluding hydrogens is 238 g/mol. The molecule has 1 amide bonds. The van der Waals surface area contributed by atoms with Gasteiger partial charge in [0.2, 0.25) is 5.91 Å². The lowest BCUT2D eigenvalue weighted by Crippen LogP contribution is -2.17. The first kappa shape index (κ1) is 11.7. The number of nitrogens with two attached hydrogens (primary N) is 1. The van der Waals surface area contributed by atoms with Gasteiger partial charge in [-0.2, -0.15) is 0 Å². The number of carbonyl (C=O) groups excluding carboxylic acids is 1. The van der Waals surface area contributed by atoms with Crippen molar-refractivity contribution >= 4 is 22.6 Å². The summed E-state index contributed by atoms with van der Waals surface area (Å²) in [5, 5.41) is 28.6. The molecule has 2 aromatic rings. The van der Waals surface area contributed by atoms with Gasteiger partial charge in [-0.1, -0.05) is 12.1 Å². The van der Waals surface area contributed by atoms with Crippen LogP contribution in [0.15, 0.2) is 24.3 Å². The minimum atomic E-state index is -1.47. The summed E-state index contributed by atoms with van der Waals surface area (Å²) in [6.45, 7) is 0. The Labute approximate surface area is 101 Å². The first-order chi connectivity index (χ1) is 8.43. The van der Waals surface area contributed by atoms with E-state index in [9.17, 15) is 19.8 Å². The number of carboxylic acids is 1. The largest absolute Gasteiger partial charge is 0.507 e. The van der Waals surface area contributed by atoms with Crippen LogP contribution in [0.5, 0.6) is 11.5 Å². The van der Waals surface area contributed by atoms with Crippen LogP contribution in [0.1, 0.15) is 20.7 Å². The summed E-state index contributed by atoms with van der Waals surface area (Å²) in [5.41, 5.74) is 4.25. The fourth-order valence-corrected chi connectivity index (χ4v) is 1.87. The highest BCUT2D eigenvalue weighted by molar-refractivity contribution is 6.16. The highest BCUT2D eigenvalue weighted by Crippen LogP contribution is 2.34. The highest BCUT2D eigenvalue weighted by Gasteiger charge is 2.23. The highest BCUT2D eigenvalue weighted by atomic mass is 16.4. The SMILES string of the molecule is NC(=O)c1c(C(=O)O)c(O)cc2c(O)cccc12. The van der Waals surface area contributed by atoms with E-state index < -0.39 is 23.2 Å². The second-order valence-electron chi connectivity index (χ2n) is 3.69. The van der Waals surface area contributed by atoms with Crippen molar-refractivity contribution in [2.45, 2.75) is 0 Å². The van der Waals surface area contributed by atoms with Crippen molar-refractivity contribution in [3.05, 3.63) is 35.4 Å². The number of primary amides is 1. The van der Waals surface area contributed by atoms with Gasteiger partial charge in [-0.05, 0) is 17.5 Å². The quantitative estimate of drug-likeness (QED) is 0.632. The first-order valence-electron chi connectivity index (χ1n) is 4.94. The summed E-state index contributed by atoms with van der Waals surface area (Å²) in [7, 11) is 0. The van der Waals surface area contributed by atoms with Crippen LogP contribution in [0.25, 0.3) is 10.8 Å². The number of phenolic OH excluding ortho intramolecular Hbond substituents is 1. The number of benzene rings is 2. The van der Waals surface area contributed by atoms with Crippen molar-refractivity contribution in [1.82, 2.24) is 0 Å². The number of fused-ring (bicyclic) bond motifs is 1. The lowest BCUT2D eigenvalue weighted by molar-refractivity contribution is 0.0689. The van der Waals surface area contributed by atoms with Gasteiger partial charge >= 0.3 is 5.97 Å². The fourth-order valence-electron chi connectivity index (χ4n) is 1.87. The molecule has 2 aromatic carbocycles. The van der Waals surface area contributed by atoms with Crippen LogP contribution < -0.4 is 5.73 Å². The van der Waals surface area contributed by atoms with Gasteiger partial charge in [0.15, 0.2) is 0 Å². The average Bonchev–Trinajstić information content (AvgIpc) is 2.28. The van der Waals surface area contributed by atoms with Crippen LogP contribution in [-0.4, -0.2) is 27.2 Å². The molecule has 0 aliphatic heterocycles. The lowest BCUT2D eigenvalue weighted by Gasteiger charge is -2.10. The molecule has 0 atom stereocenters. The van der Waals surface area contributed by atoms with E-state index in [1.165, 1.54) is 18.2 Å². The zero-order chi connectivity index (χ0) is 13.4. The van der Waals surface area contributed by atoms with Crippen molar-refractivity contribution in [2.75, 3.05) is 0 Å². The van der Waals surface area contributed by atoms with Crippen molar-refractivity contribution in [1.29, 1.82) is 0 Å². The van der Waals surface area contributed by atoms with Crippen molar-refractivity contribution in [3.63, 3.8) is 0 Å². The molecule has 0 aromatic heterocycles. The number of amides is 1. The standard InChI is InChI=1S/C12H9NO5/c13-11(16)9-5-2-1-3-7(14)6(5)4-8(15)10(9)12(17)18/h1-4,14-15H,(H2,13,16)(H,17,18). The van der Waals surface area contributed by atoms with E-state index in [1.54, 1.807) is 0 Å². The first-order valence-corrected chi connectivity index (χ1v) is 4.94. The second kappa shape index (κ2) is 3.92. The Morgan fingerprint density at radius 3 is 2.22 bits per heavy atom. The Morgan fingerprint density at radius 1 is 1.00 bits per heavy atom. The molecule has 6 nitrogen and oxygen atoms in total. The zero-order valence-electron chi connectivity index (χ0n) is 9.04. The van der Waals surface area contributed by atoms with Crippen LogP contribution in [0.3, 0.4) is 0 Å². The van der Waals surface area contributed by atoms with Crippen LogP contribution >= 0.6 is 0 Å². The van der Waals surface area contributed by atoms with Crippen LogP contribution in [0, 0.1) is 0 Å². The monoisotopic (exact) mass is 247 g/mol. The third-order valence-corrected chi connectivity index (χ3v) is 2.60. The van der Waals surface area contributed by atoms with Crippen molar-refractivity contribution in [3.8, 4) is 11.5 Å². The van der Waals surface area contributed by atoms with E-state index in [2.05, 4.69) is 0 Å². The molecule has 6 heteroatoms. The summed E-state index contributed by atoms with van der Waals surface area (Å²) < 4.78 is 0. The fraction of sp³-hybridized carbons (Fsp3) is 0. The van der Waals surface area contributed by atoms with Gasteiger partial charge in [0.1, 0.15) is 17.1 Å². The average molecular weight is 247 g/mol. The Bertz CT molecular complexity index is 678. The van der Waals surface area contributed by atoms with E-state index in [0.29, 0.717) is 0 Å². The molecule has 0 saturated heterocycles. The van der Waals surface area contributed by atoms with E-state index in [4.69, 9.17) is 10.8 Å². The van der Waals surface area contributed by atoms with Crippen LogP contribution in [0.4, 0.5) is 0 Å². The van der Waals surface area contributed by atoms with Crippen LogP contribution in [-0.2, 0) is 0 Å². The molecule has 2 rings (SSSR count). The van der Waals surface area contributed by atoms with E-state index in [0.717, 1.165) is 6.07 Å². The van der Waals surface area contributed by atoms with Crippen molar-refractivity contribution < 1.29 is 24.9 Å². The summed E-state index contributed by atoms with van der Waals surface area (Å²) in [6.07, 6.45) is 0. The molecule has 0 aliphatic rings. The number of carbonyl (C=O) groups is 2. The number of aromatic hydroxyl groups is 2. The van der Waals surface area contributed by atoms with Crippen LogP contribution in [0.2, 0.25) is 0 Å². The number of rotatable bonds is 2. The minimum absolute atomic E-state index is 0.161. The van der Waals surface area contributed by atoms with Gasteiger partial charge in [0.05, 0.1) is 5.56 Å². The Kier molecular flexibility index (Phi) is 2.55. The third-order valence-electron chi connectivity index (χ3n) is 2.60. The molecule has 0 saturated carbocycles. The number of hydrogen-bond donors (Lipinski definition) is 4. The molecular formula is C12H9NO5. The molecule has 0 unspecified atom stereocenters. The smallest absolute Gasteiger partial charge is 0.340 e. The number of hydrogen-bond acceptors (Lipinski definition) is 4. The van der Waals surface area contributed by atoms with Gasteiger partial charge in [0, 0.05) is 5.39 Å². The molecule has 0 fully saturated rings. The Morgan fingerprint density at radius 2 is 1.67 bits per heavy atom. The predicted octanol–water partition coefficient (Wildman–Crippen LogP) is 1.05. The Hall–Kier alpha value is -2.76. The maximum atomic E-state index is 11.4. The topological polar surface area (TPSA) is 121 Å². The molecule has 0 heterocycles. The molecule has 92 valence electrons. The number of phenols is 2. The van der Waals surface area contributed by atoms with Gasteiger partial charge < -0.3 is 21.1 Å². The predicted molar refractivity (Wildman–Crippen MR) is 62.8 cm³/mol. The molecule has 0 aliphatic carbocycles. The summed E-state index contributed by atoms with van der Waals surface area (Å²) >= 11 is 0. The molecule has 5 N–H and O–H groups in total. The van der Waals surface area contributed by atoms with Gasteiger partial charge in [0.25, 0.3) is 0 Å². The maximum absolute atomic E-state index is 11.4.